The summed E-state index contributed by atoms with van der Waals surface area (Å²) in [7, 11) is -4.93. The fourth-order valence-corrected chi connectivity index (χ4v) is 2.54. The average Bonchev–Trinajstić information content (AvgIpc) is 2.31. The van der Waals surface area contributed by atoms with Gasteiger partial charge in [0.15, 0.2) is 5.78 Å². The first-order valence-corrected chi connectivity index (χ1v) is 6.65. The molecule has 0 heterocycles. The van der Waals surface area contributed by atoms with E-state index in [2.05, 4.69) is 0 Å². The number of aryl methyl sites for hydroxylation is 1. The molecule has 0 bridgehead atoms. The fraction of sp³-hybridized carbons (Fsp3) is 0.167. The van der Waals surface area contributed by atoms with Crippen molar-refractivity contribution in [1.29, 1.82) is 0 Å². The maximum Gasteiger partial charge on any atom is 1.00 e. The summed E-state index contributed by atoms with van der Waals surface area (Å²) in [5, 5.41) is 0. The van der Waals surface area contributed by atoms with Gasteiger partial charge >= 0.3 is 51.4 Å². The van der Waals surface area contributed by atoms with E-state index >= 15 is 0 Å². The van der Waals surface area contributed by atoms with Crippen LogP contribution in [0.2, 0.25) is 0 Å². The largest absolute Gasteiger partial charge is 1.00 e. The summed E-state index contributed by atoms with van der Waals surface area (Å²) in [6.45, 7) is 1.82. The van der Waals surface area contributed by atoms with E-state index in [-0.39, 0.29) is 62.5 Å². The molecule has 0 amide bonds. The Kier molecular flexibility index (Phi) is 5.41. The minimum absolute atomic E-state index is 0. The quantitative estimate of drug-likeness (QED) is 0.468. The minimum Gasteiger partial charge on any atom is -0.744 e. The molecule has 1 aliphatic carbocycles. The van der Waals surface area contributed by atoms with Crippen molar-refractivity contribution in [2.75, 3.05) is 0 Å². The Bertz CT molecular complexity index is 688. The third kappa shape index (κ3) is 3.13. The first-order chi connectivity index (χ1) is 8.36. The van der Waals surface area contributed by atoms with Crippen molar-refractivity contribution >= 4 is 21.7 Å². The van der Waals surface area contributed by atoms with Crippen LogP contribution in [0, 0.1) is 0 Å². The van der Waals surface area contributed by atoms with Crippen molar-refractivity contribution in [2.24, 2.45) is 0 Å². The van der Waals surface area contributed by atoms with Crippen LogP contribution in [0.1, 0.15) is 33.2 Å². The maximum absolute atomic E-state index is 11.9. The van der Waals surface area contributed by atoms with Crippen LogP contribution in [-0.4, -0.2) is 24.5 Å². The molecule has 2 rings (SSSR count). The Morgan fingerprint density at radius 3 is 2.37 bits per heavy atom. The Morgan fingerprint density at radius 2 is 1.84 bits per heavy atom. The molecule has 0 saturated heterocycles. The Morgan fingerprint density at radius 1 is 1.21 bits per heavy atom. The van der Waals surface area contributed by atoms with Crippen molar-refractivity contribution in [3.63, 3.8) is 0 Å². The minimum atomic E-state index is -4.93. The number of ketones is 2. The molecule has 7 heteroatoms. The summed E-state index contributed by atoms with van der Waals surface area (Å²) in [5.41, 5.74) is 0.832. The fourth-order valence-electron chi connectivity index (χ4n) is 1.95. The van der Waals surface area contributed by atoms with Gasteiger partial charge in [0.05, 0.1) is 0 Å². The van der Waals surface area contributed by atoms with Gasteiger partial charge in [-0.1, -0.05) is 25.1 Å². The van der Waals surface area contributed by atoms with Crippen LogP contribution >= 0.6 is 0 Å². The number of hydrogen-bond acceptors (Lipinski definition) is 5. The zero-order valence-electron chi connectivity index (χ0n) is 10.5. The molecule has 19 heavy (non-hydrogen) atoms. The number of hydrogen-bond donors (Lipinski definition) is 0. The molecular formula is C12H9KO5S. The molecule has 1 aromatic rings. The van der Waals surface area contributed by atoms with E-state index in [0.717, 1.165) is 0 Å². The SMILES string of the molecule is CCc1cccc2c1C(=O)C=C(S(=O)(=O)[O-])C2=O.[K+]. The van der Waals surface area contributed by atoms with Gasteiger partial charge in [-0.25, -0.2) is 8.42 Å². The first kappa shape index (κ1) is 16.9. The van der Waals surface area contributed by atoms with E-state index in [0.29, 0.717) is 18.1 Å². The van der Waals surface area contributed by atoms with Crippen LogP contribution < -0.4 is 51.4 Å². The van der Waals surface area contributed by atoms with E-state index in [1.807, 2.05) is 6.92 Å². The average molecular weight is 304 g/mol. The summed E-state index contributed by atoms with van der Waals surface area (Å²) in [5.74, 6) is -1.52. The molecule has 0 N–H and O–H groups in total. The van der Waals surface area contributed by atoms with Gasteiger partial charge in [-0.05, 0) is 12.0 Å². The number of fused-ring (bicyclic) bond motifs is 1. The number of Topliss-reactive ketones (excluding diaryl/α,β-unsaturated/α-hetero) is 1. The van der Waals surface area contributed by atoms with Crippen LogP contribution in [0.15, 0.2) is 29.2 Å². The monoisotopic (exact) mass is 304 g/mol. The summed E-state index contributed by atoms with van der Waals surface area (Å²) in [4.78, 5) is 22.7. The van der Waals surface area contributed by atoms with Crippen molar-refractivity contribution in [3.8, 4) is 0 Å². The predicted octanol–water partition coefficient (Wildman–Crippen LogP) is -1.94. The molecule has 0 fully saturated rings. The Hall–Kier alpha value is -0.154. The van der Waals surface area contributed by atoms with E-state index in [9.17, 15) is 22.6 Å². The predicted molar refractivity (Wildman–Crippen MR) is 62.3 cm³/mol. The van der Waals surface area contributed by atoms with E-state index in [1.54, 1.807) is 12.1 Å². The number of rotatable bonds is 2. The number of carbonyl (C=O) groups excluding carboxylic acids is 2. The molecule has 1 aromatic carbocycles. The van der Waals surface area contributed by atoms with E-state index < -0.39 is 26.6 Å². The van der Waals surface area contributed by atoms with Crippen molar-refractivity contribution < 1.29 is 73.9 Å². The van der Waals surface area contributed by atoms with Crippen LogP contribution in [0.25, 0.3) is 0 Å². The molecule has 0 unspecified atom stereocenters. The van der Waals surface area contributed by atoms with Gasteiger partial charge in [-0.15, -0.1) is 0 Å². The molecule has 5 nitrogen and oxygen atoms in total. The zero-order chi connectivity index (χ0) is 13.5. The van der Waals surface area contributed by atoms with Gasteiger partial charge in [0.2, 0.25) is 5.78 Å². The second-order valence-electron chi connectivity index (χ2n) is 3.85. The zero-order valence-corrected chi connectivity index (χ0v) is 14.4. The third-order valence-corrected chi connectivity index (χ3v) is 3.62. The molecule has 0 saturated carbocycles. The van der Waals surface area contributed by atoms with E-state index in [4.69, 9.17) is 0 Å². The van der Waals surface area contributed by atoms with Gasteiger partial charge in [0.1, 0.15) is 15.0 Å². The second kappa shape index (κ2) is 6.09. The Labute approximate surface area is 153 Å². The molecule has 0 aliphatic heterocycles. The Balaban J connectivity index is 0.00000180. The van der Waals surface area contributed by atoms with Crippen LogP contribution in [0.3, 0.4) is 0 Å². The van der Waals surface area contributed by atoms with Gasteiger partial charge in [-0.2, -0.15) is 0 Å². The van der Waals surface area contributed by atoms with Crippen molar-refractivity contribution in [3.05, 3.63) is 45.9 Å². The smallest absolute Gasteiger partial charge is 0.744 e. The normalized spacial score (nSPS) is 14.5. The molecule has 0 spiro atoms. The topological polar surface area (TPSA) is 91.3 Å². The van der Waals surface area contributed by atoms with Gasteiger partial charge in [0.25, 0.3) is 0 Å². The van der Waals surface area contributed by atoms with Crippen molar-refractivity contribution in [2.45, 2.75) is 13.3 Å². The third-order valence-electron chi connectivity index (χ3n) is 2.78. The van der Waals surface area contributed by atoms with Crippen LogP contribution in [0.4, 0.5) is 0 Å². The first-order valence-electron chi connectivity index (χ1n) is 5.24. The second-order valence-corrected chi connectivity index (χ2v) is 5.20. The summed E-state index contributed by atoms with van der Waals surface area (Å²) < 4.78 is 32.7. The molecule has 0 radical (unpaired) electrons. The number of allylic oxidation sites excluding steroid dienone is 2. The van der Waals surface area contributed by atoms with E-state index in [1.165, 1.54) is 6.07 Å². The molecule has 0 aromatic heterocycles. The van der Waals surface area contributed by atoms with Gasteiger partial charge in [0, 0.05) is 17.2 Å². The van der Waals surface area contributed by atoms with Crippen molar-refractivity contribution in [1.82, 2.24) is 0 Å². The summed E-state index contributed by atoms with van der Waals surface area (Å²) in [6.07, 6.45) is 1.15. The van der Waals surface area contributed by atoms with Crippen LogP contribution in [-0.2, 0) is 16.5 Å². The maximum atomic E-state index is 11.9. The van der Waals surface area contributed by atoms with Gasteiger partial charge < -0.3 is 4.55 Å². The van der Waals surface area contributed by atoms with Gasteiger partial charge in [-0.3, -0.25) is 9.59 Å². The molecular weight excluding hydrogens is 295 g/mol. The standard InChI is InChI=1S/C12H10O5S.K/c1-2-7-4-3-5-8-11(7)9(13)6-10(12(8)14)18(15,16)17;/h3-6H,2H2,1H3,(H,15,16,17);/q;+1/p-1. The molecule has 94 valence electrons. The number of benzene rings is 1. The van der Waals surface area contributed by atoms with Crippen LogP contribution in [0.5, 0.6) is 0 Å². The summed E-state index contributed by atoms with van der Waals surface area (Å²) >= 11 is 0. The molecule has 1 aliphatic rings. The molecule has 0 atom stereocenters. The summed E-state index contributed by atoms with van der Waals surface area (Å²) in [6, 6.07) is 4.60. The number of carbonyl (C=O) groups is 2.